The number of benzene rings is 7. The summed E-state index contributed by atoms with van der Waals surface area (Å²) in [5.74, 6) is 1.64. The Bertz CT molecular complexity index is 2720. The quantitative estimate of drug-likeness (QED) is 0.169. The van der Waals surface area contributed by atoms with Crippen LogP contribution in [0.5, 0.6) is 0 Å². The van der Waals surface area contributed by atoms with Gasteiger partial charge in [0, 0.05) is 22.6 Å². The Labute approximate surface area is 313 Å². The Morgan fingerprint density at radius 2 is 0.907 bits per heavy atom. The van der Waals surface area contributed by atoms with Crippen molar-refractivity contribution in [3.63, 3.8) is 0 Å². The van der Waals surface area contributed by atoms with E-state index in [1.165, 1.54) is 50.1 Å². The van der Waals surface area contributed by atoms with Gasteiger partial charge >= 0.3 is 0 Å². The maximum absolute atomic E-state index is 7.48. The molecule has 0 N–H and O–H groups in total. The second kappa shape index (κ2) is 12.3. The summed E-state index contributed by atoms with van der Waals surface area (Å²) in [5, 5.41) is 0. The van der Waals surface area contributed by atoms with Gasteiger partial charge in [0.25, 0.3) is 0 Å². The van der Waals surface area contributed by atoms with Gasteiger partial charge in [-0.25, -0.2) is 24.6 Å². The van der Waals surface area contributed by atoms with Crippen LogP contribution in [0.4, 0.5) is 11.4 Å². The molecule has 1 unspecified atom stereocenters. The molecule has 5 nitrogen and oxygen atoms in total. The van der Waals surface area contributed by atoms with Crippen LogP contribution in [0.2, 0.25) is 0 Å². The molecule has 0 radical (unpaired) electrons. The number of rotatable bonds is 5. The summed E-state index contributed by atoms with van der Waals surface area (Å²) in [7, 11) is 0. The highest BCUT2D eigenvalue weighted by atomic mass is 15.0. The Kier molecular flexibility index (Phi) is 7.15. The van der Waals surface area contributed by atoms with E-state index in [2.05, 4.69) is 131 Å². The maximum atomic E-state index is 7.48. The van der Waals surface area contributed by atoms with Crippen molar-refractivity contribution in [1.29, 1.82) is 0 Å². The van der Waals surface area contributed by atoms with Crippen molar-refractivity contribution in [2.75, 3.05) is 0 Å². The largest absolute Gasteiger partial charge is 0.238 e. The smallest absolute Gasteiger partial charge is 0.187 e. The SMILES string of the molecule is [C-]#[N+]c1ccc(-c2nc(-c3ccc([N+]#[C-])cc3)nc(-c3cc4c5c(c3)C(c3ccccc3)(c3ccccc3)c3ccccc3C5c3ccccc3-4)n2)cc1. The minimum absolute atomic E-state index is 0.0726. The fourth-order valence-electron chi connectivity index (χ4n) is 8.63. The van der Waals surface area contributed by atoms with Gasteiger partial charge in [-0.2, -0.15) is 0 Å². The van der Waals surface area contributed by atoms with Gasteiger partial charge in [-0.15, -0.1) is 0 Å². The van der Waals surface area contributed by atoms with Crippen LogP contribution in [0.1, 0.15) is 44.9 Å². The first-order valence-corrected chi connectivity index (χ1v) is 17.9. The van der Waals surface area contributed by atoms with E-state index < -0.39 is 5.41 Å². The van der Waals surface area contributed by atoms with Crippen molar-refractivity contribution < 1.29 is 0 Å². The molecule has 1 atom stereocenters. The first kappa shape index (κ1) is 31.3. The average Bonchev–Trinajstić information content (AvgIpc) is 3.59. The number of hydrogen-bond donors (Lipinski definition) is 0. The van der Waals surface area contributed by atoms with Gasteiger partial charge < -0.3 is 0 Å². The minimum Gasteiger partial charge on any atom is -0.238 e. The van der Waals surface area contributed by atoms with Crippen molar-refractivity contribution in [2.24, 2.45) is 0 Å². The van der Waals surface area contributed by atoms with Crippen LogP contribution < -0.4 is 0 Å². The lowest BCUT2D eigenvalue weighted by molar-refractivity contribution is 0.687. The van der Waals surface area contributed by atoms with Crippen LogP contribution >= 0.6 is 0 Å². The summed E-state index contributed by atoms with van der Waals surface area (Å²) >= 11 is 0. The van der Waals surface area contributed by atoms with Crippen LogP contribution in [0, 0.1) is 13.1 Å². The molecule has 10 rings (SSSR count). The summed E-state index contributed by atoms with van der Waals surface area (Å²) in [6, 6.07) is 58.8. The third-order valence-electron chi connectivity index (χ3n) is 10.9. The van der Waals surface area contributed by atoms with Crippen LogP contribution in [-0.4, -0.2) is 15.0 Å². The van der Waals surface area contributed by atoms with Crippen molar-refractivity contribution >= 4 is 11.4 Å². The summed E-state index contributed by atoms with van der Waals surface area (Å²) in [4.78, 5) is 22.5. The van der Waals surface area contributed by atoms with E-state index in [9.17, 15) is 0 Å². The van der Waals surface area contributed by atoms with Gasteiger partial charge in [-0.1, -0.05) is 158 Å². The normalized spacial score (nSPS) is 14.2. The highest BCUT2D eigenvalue weighted by Gasteiger charge is 2.50. The van der Waals surface area contributed by atoms with Gasteiger partial charge in [0.05, 0.1) is 18.6 Å². The lowest BCUT2D eigenvalue weighted by atomic mass is 9.57. The van der Waals surface area contributed by atoms with E-state index in [-0.39, 0.29) is 5.92 Å². The molecule has 2 aliphatic rings. The van der Waals surface area contributed by atoms with Crippen LogP contribution in [-0.2, 0) is 5.41 Å². The molecule has 7 aromatic carbocycles. The molecule has 0 aliphatic heterocycles. The molecule has 8 aromatic rings. The summed E-state index contributed by atoms with van der Waals surface area (Å²) in [6.45, 7) is 15.0. The molecular weight excluding hydrogens is 659 g/mol. The number of aromatic nitrogens is 3. The van der Waals surface area contributed by atoms with Gasteiger partial charge in [-0.3, -0.25) is 0 Å². The number of hydrogen-bond acceptors (Lipinski definition) is 3. The highest BCUT2D eigenvalue weighted by Crippen LogP contribution is 2.61. The average molecular weight is 688 g/mol. The Balaban J connectivity index is 1.31. The molecule has 1 heterocycles. The van der Waals surface area contributed by atoms with Crippen molar-refractivity contribution in [3.05, 3.63) is 232 Å². The predicted octanol–water partition coefficient (Wildman–Crippen LogP) is 11.8. The van der Waals surface area contributed by atoms with Crippen LogP contribution in [0.3, 0.4) is 0 Å². The molecule has 0 bridgehead atoms. The van der Waals surface area contributed by atoms with Gasteiger partial charge in [-0.05, 0) is 62.2 Å². The van der Waals surface area contributed by atoms with E-state index in [4.69, 9.17) is 28.1 Å². The zero-order valence-corrected chi connectivity index (χ0v) is 29.0. The molecule has 0 spiro atoms. The van der Waals surface area contributed by atoms with Crippen LogP contribution in [0.15, 0.2) is 170 Å². The van der Waals surface area contributed by atoms with Crippen LogP contribution in [0.25, 0.3) is 55.0 Å². The Hall–Kier alpha value is -7.47. The van der Waals surface area contributed by atoms with E-state index in [0.29, 0.717) is 28.8 Å². The molecule has 250 valence electrons. The van der Waals surface area contributed by atoms with Crippen molar-refractivity contribution in [3.8, 4) is 45.3 Å². The van der Waals surface area contributed by atoms with Crippen molar-refractivity contribution in [2.45, 2.75) is 11.3 Å². The monoisotopic (exact) mass is 687 g/mol. The third kappa shape index (κ3) is 4.66. The molecule has 2 aliphatic carbocycles. The molecule has 0 fully saturated rings. The Morgan fingerprint density at radius 3 is 1.46 bits per heavy atom. The zero-order valence-electron chi connectivity index (χ0n) is 29.0. The lowest BCUT2D eigenvalue weighted by Gasteiger charge is -2.44. The standard InChI is InChI=1S/C49H29N5/c1-50-36-25-21-31(22-26-36)46-52-47(32-23-27-37(51-2)28-24-32)54-48(53-46)33-29-41-38-17-9-10-18-39(38)44-40-19-11-12-20-42(40)49(43(30-33)45(41)44,34-13-5-3-6-14-34)35-15-7-4-8-16-35/h3-30,44H. The molecule has 0 amide bonds. The van der Waals surface area contributed by atoms with Gasteiger partial charge in [0.2, 0.25) is 0 Å². The zero-order chi connectivity index (χ0) is 36.2. The Morgan fingerprint density at radius 1 is 0.426 bits per heavy atom. The van der Waals surface area contributed by atoms with Crippen molar-refractivity contribution in [1.82, 2.24) is 15.0 Å². The van der Waals surface area contributed by atoms with Gasteiger partial charge in [0.1, 0.15) is 0 Å². The first-order valence-electron chi connectivity index (χ1n) is 17.9. The summed E-state index contributed by atoms with van der Waals surface area (Å²) < 4.78 is 0. The number of nitrogens with zero attached hydrogens (tertiary/aromatic N) is 5. The second-order valence-electron chi connectivity index (χ2n) is 13.7. The van der Waals surface area contributed by atoms with E-state index in [0.717, 1.165) is 16.7 Å². The number of fused-ring (bicyclic) bond motifs is 5. The topological polar surface area (TPSA) is 47.4 Å². The fraction of sp³-hybridized carbons (Fsp3) is 0.0408. The molecule has 0 saturated heterocycles. The molecule has 5 heteroatoms. The summed E-state index contributed by atoms with van der Waals surface area (Å²) in [5.41, 5.74) is 14.1. The third-order valence-corrected chi connectivity index (χ3v) is 10.9. The van der Waals surface area contributed by atoms with E-state index in [1.54, 1.807) is 24.3 Å². The predicted molar refractivity (Wildman–Crippen MR) is 213 cm³/mol. The maximum Gasteiger partial charge on any atom is 0.187 e. The highest BCUT2D eigenvalue weighted by molar-refractivity contribution is 5.89. The molecular formula is C49H29N5. The second-order valence-corrected chi connectivity index (χ2v) is 13.7. The fourth-order valence-corrected chi connectivity index (χ4v) is 8.63. The molecule has 0 saturated carbocycles. The molecule has 54 heavy (non-hydrogen) atoms. The summed E-state index contributed by atoms with van der Waals surface area (Å²) in [6.07, 6.45) is 0. The lowest BCUT2D eigenvalue weighted by Crippen LogP contribution is -2.37. The first-order chi connectivity index (χ1) is 26.7. The van der Waals surface area contributed by atoms with E-state index in [1.807, 2.05) is 24.3 Å². The molecule has 1 aromatic heterocycles. The van der Waals surface area contributed by atoms with Gasteiger partial charge in [0.15, 0.2) is 28.8 Å². The minimum atomic E-state index is -0.637. The van der Waals surface area contributed by atoms with E-state index >= 15 is 0 Å².